The highest BCUT2D eigenvalue weighted by atomic mass is 16.5. The van der Waals surface area contributed by atoms with Gasteiger partial charge in [0.2, 0.25) is 0 Å². The number of benzene rings is 2. The zero-order chi connectivity index (χ0) is 16.1. The van der Waals surface area contributed by atoms with Crippen LogP contribution < -0.4 is 15.4 Å². The van der Waals surface area contributed by atoms with Crippen molar-refractivity contribution in [3.8, 4) is 5.75 Å². The lowest BCUT2D eigenvalue weighted by molar-refractivity contribution is 0.186. The number of piperidine rings is 1. The van der Waals surface area contributed by atoms with E-state index in [-0.39, 0.29) is 5.54 Å². The summed E-state index contributed by atoms with van der Waals surface area (Å²) in [5, 5.41) is 7.49. The third-order valence-electron chi connectivity index (χ3n) is 5.01. The molecule has 2 atom stereocenters. The van der Waals surface area contributed by atoms with Gasteiger partial charge in [0.25, 0.3) is 0 Å². The fraction of sp³-hybridized carbons (Fsp3) is 0.400. The Labute approximate surface area is 139 Å². The van der Waals surface area contributed by atoms with Gasteiger partial charge in [-0.1, -0.05) is 48.5 Å². The van der Waals surface area contributed by atoms with E-state index in [0.29, 0.717) is 6.04 Å². The molecule has 3 heteroatoms. The molecule has 0 bridgehead atoms. The Hall–Kier alpha value is -1.84. The van der Waals surface area contributed by atoms with Crippen molar-refractivity contribution in [1.82, 2.24) is 10.6 Å². The molecule has 0 aliphatic carbocycles. The van der Waals surface area contributed by atoms with Crippen LogP contribution in [0.5, 0.6) is 5.75 Å². The topological polar surface area (TPSA) is 33.3 Å². The monoisotopic (exact) mass is 310 g/mol. The molecule has 2 N–H and O–H groups in total. The summed E-state index contributed by atoms with van der Waals surface area (Å²) < 4.78 is 5.50. The molecule has 23 heavy (non-hydrogen) atoms. The van der Waals surface area contributed by atoms with Gasteiger partial charge in [0.1, 0.15) is 5.75 Å². The van der Waals surface area contributed by atoms with E-state index in [2.05, 4.69) is 60.0 Å². The first-order valence-electron chi connectivity index (χ1n) is 8.42. The van der Waals surface area contributed by atoms with Crippen molar-refractivity contribution in [3.05, 3.63) is 65.7 Å². The van der Waals surface area contributed by atoms with Crippen LogP contribution in [0.4, 0.5) is 0 Å². The van der Waals surface area contributed by atoms with Crippen LogP contribution >= 0.6 is 0 Å². The Morgan fingerprint density at radius 1 is 1.13 bits per heavy atom. The molecule has 0 amide bonds. The fourth-order valence-electron chi connectivity index (χ4n) is 3.65. The van der Waals surface area contributed by atoms with Gasteiger partial charge in [0.05, 0.1) is 12.6 Å². The van der Waals surface area contributed by atoms with Gasteiger partial charge in [-0.05, 0) is 37.9 Å². The maximum Gasteiger partial charge on any atom is 0.123 e. The van der Waals surface area contributed by atoms with Crippen molar-refractivity contribution in [2.45, 2.75) is 37.9 Å². The Balaban J connectivity index is 1.88. The summed E-state index contributed by atoms with van der Waals surface area (Å²) in [5.74, 6) is 0.944. The molecule has 0 radical (unpaired) electrons. The normalized spacial score (nSPS) is 24.3. The van der Waals surface area contributed by atoms with Gasteiger partial charge in [-0.3, -0.25) is 0 Å². The summed E-state index contributed by atoms with van der Waals surface area (Å²) in [6.07, 6.45) is 2.32. The van der Waals surface area contributed by atoms with E-state index in [1.807, 2.05) is 12.1 Å². The Kier molecular flexibility index (Phi) is 4.99. The van der Waals surface area contributed by atoms with Gasteiger partial charge in [-0.25, -0.2) is 0 Å². The number of hydrogen-bond acceptors (Lipinski definition) is 3. The van der Waals surface area contributed by atoms with Crippen LogP contribution in [0.3, 0.4) is 0 Å². The summed E-state index contributed by atoms with van der Waals surface area (Å²) in [6, 6.07) is 19.4. The Bertz CT molecular complexity index is 629. The Morgan fingerprint density at radius 3 is 2.61 bits per heavy atom. The van der Waals surface area contributed by atoms with Gasteiger partial charge in [-0.2, -0.15) is 0 Å². The summed E-state index contributed by atoms with van der Waals surface area (Å²) in [6.45, 7) is 4.17. The highest BCUT2D eigenvalue weighted by molar-refractivity contribution is 5.34. The number of nitrogens with one attached hydrogen (secondary N) is 2. The van der Waals surface area contributed by atoms with Crippen molar-refractivity contribution in [1.29, 1.82) is 0 Å². The molecule has 3 nitrogen and oxygen atoms in total. The molecule has 3 rings (SSSR count). The van der Waals surface area contributed by atoms with Crippen molar-refractivity contribution < 1.29 is 4.74 Å². The van der Waals surface area contributed by atoms with Crippen LogP contribution in [0.15, 0.2) is 54.6 Å². The van der Waals surface area contributed by atoms with E-state index >= 15 is 0 Å². The summed E-state index contributed by atoms with van der Waals surface area (Å²) in [5.41, 5.74) is 2.51. The first-order chi connectivity index (χ1) is 11.3. The first kappa shape index (κ1) is 16.0. The average Bonchev–Trinajstić information content (AvgIpc) is 2.62. The van der Waals surface area contributed by atoms with Crippen LogP contribution in [0, 0.1) is 0 Å². The molecule has 1 saturated heterocycles. The standard InChI is InChI=1S/C20H26N2O/c1-16-20(13-8-14-21-16,18-10-4-3-5-11-18)22-15-17-9-6-7-12-19(17)23-2/h3-7,9-12,16,21-22H,8,13-15H2,1-2H3. The summed E-state index contributed by atoms with van der Waals surface area (Å²) >= 11 is 0. The van der Waals surface area contributed by atoms with E-state index in [0.717, 1.165) is 25.3 Å². The number of rotatable bonds is 5. The highest BCUT2D eigenvalue weighted by Gasteiger charge is 2.39. The lowest BCUT2D eigenvalue weighted by Crippen LogP contribution is -2.58. The minimum absolute atomic E-state index is 0.0413. The SMILES string of the molecule is COc1ccccc1CNC1(c2ccccc2)CCCNC1C. The maximum absolute atomic E-state index is 5.50. The molecule has 1 aliphatic rings. The molecular weight excluding hydrogens is 284 g/mol. The zero-order valence-corrected chi connectivity index (χ0v) is 14.0. The smallest absolute Gasteiger partial charge is 0.123 e. The van der Waals surface area contributed by atoms with Crippen molar-refractivity contribution >= 4 is 0 Å². The van der Waals surface area contributed by atoms with Crippen molar-refractivity contribution in [2.24, 2.45) is 0 Å². The summed E-state index contributed by atoms with van der Waals surface area (Å²) in [4.78, 5) is 0. The molecule has 0 aromatic heterocycles. The predicted molar refractivity (Wildman–Crippen MR) is 94.7 cm³/mol. The van der Waals surface area contributed by atoms with Gasteiger partial charge in [-0.15, -0.1) is 0 Å². The van der Waals surface area contributed by atoms with Crippen LogP contribution in [-0.4, -0.2) is 19.7 Å². The Morgan fingerprint density at radius 2 is 1.87 bits per heavy atom. The number of hydrogen-bond donors (Lipinski definition) is 2. The van der Waals surface area contributed by atoms with E-state index in [9.17, 15) is 0 Å². The molecule has 122 valence electrons. The molecule has 2 aromatic rings. The molecular formula is C20H26N2O. The highest BCUT2D eigenvalue weighted by Crippen LogP contribution is 2.34. The van der Waals surface area contributed by atoms with Gasteiger partial charge < -0.3 is 15.4 Å². The van der Waals surface area contributed by atoms with Gasteiger partial charge >= 0.3 is 0 Å². The maximum atomic E-state index is 5.50. The number of methoxy groups -OCH3 is 1. The molecule has 1 fully saturated rings. The minimum atomic E-state index is -0.0413. The zero-order valence-electron chi connectivity index (χ0n) is 14.0. The molecule has 1 aliphatic heterocycles. The fourth-order valence-corrected chi connectivity index (χ4v) is 3.65. The first-order valence-corrected chi connectivity index (χ1v) is 8.42. The lowest BCUT2D eigenvalue weighted by Gasteiger charge is -2.45. The van der Waals surface area contributed by atoms with Crippen molar-refractivity contribution in [3.63, 3.8) is 0 Å². The van der Waals surface area contributed by atoms with E-state index < -0.39 is 0 Å². The minimum Gasteiger partial charge on any atom is -0.496 e. The van der Waals surface area contributed by atoms with E-state index in [1.54, 1.807) is 7.11 Å². The molecule has 0 spiro atoms. The second-order valence-electron chi connectivity index (χ2n) is 6.28. The largest absolute Gasteiger partial charge is 0.496 e. The summed E-state index contributed by atoms with van der Waals surface area (Å²) in [7, 11) is 1.73. The third kappa shape index (κ3) is 3.26. The number of para-hydroxylation sites is 1. The second kappa shape index (κ2) is 7.16. The average molecular weight is 310 g/mol. The van der Waals surface area contributed by atoms with Crippen LogP contribution in [0.25, 0.3) is 0 Å². The van der Waals surface area contributed by atoms with Gasteiger partial charge in [0, 0.05) is 18.2 Å². The van der Waals surface area contributed by atoms with Gasteiger partial charge in [0.15, 0.2) is 0 Å². The molecule has 2 aromatic carbocycles. The van der Waals surface area contributed by atoms with Crippen LogP contribution in [0.2, 0.25) is 0 Å². The van der Waals surface area contributed by atoms with Crippen LogP contribution in [0.1, 0.15) is 30.9 Å². The second-order valence-corrected chi connectivity index (χ2v) is 6.28. The molecule has 0 saturated carbocycles. The molecule has 1 heterocycles. The quantitative estimate of drug-likeness (QED) is 0.887. The third-order valence-corrected chi connectivity index (χ3v) is 5.01. The van der Waals surface area contributed by atoms with Crippen LogP contribution in [-0.2, 0) is 12.1 Å². The predicted octanol–water partition coefficient (Wildman–Crippen LogP) is 3.45. The number of ether oxygens (including phenoxy) is 1. The van der Waals surface area contributed by atoms with E-state index in [1.165, 1.54) is 17.5 Å². The van der Waals surface area contributed by atoms with E-state index in [4.69, 9.17) is 4.74 Å². The lowest BCUT2D eigenvalue weighted by atomic mass is 9.77. The van der Waals surface area contributed by atoms with Crippen molar-refractivity contribution in [2.75, 3.05) is 13.7 Å². The molecule has 2 unspecified atom stereocenters.